The van der Waals surface area contributed by atoms with Crippen LogP contribution in [0.1, 0.15) is 0 Å². The first-order valence-electron chi connectivity index (χ1n) is 8.39. The number of rotatable bonds is 4. The summed E-state index contributed by atoms with van der Waals surface area (Å²) in [7, 11) is -1.58. The molecular weight excluding hydrogens is 344 g/mol. The van der Waals surface area contributed by atoms with E-state index in [1.165, 1.54) is 10.4 Å². The standard InChI is InChI=1S/C16H24N4O4S/c1-19-6-8-20(9-7-19)25(22,23)14-4-2-3-13(11-14)18-16(21)15-12-17-5-10-24-15/h2-4,11,15,17H,5-10,12H2,1H3,(H,18,21). The Balaban J connectivity index is 1.71. The van der Waals surface area contributed by atoms with Gasteiger partial charge >= 0.3 is 0 Å². The maximum Gasteiger partial charge on any atom is 0.254 e. The average molecular weight is 368 g/mol. The van der Waals surface area contributed by atoms with Crippen molar-refractivity contribution >= 4 is 21.6 Å². The molecule has 0 radical (unpaired) electrons. The van der Waals surface area contributed by atoms with E-state index in [0.29, 0.717) is 45.0 Å². The molecule has 0 spiro atoms. The molecule has 1 aromatic carbocycles. The first-order chi connectivity index (χ1) is 12.0. The van der Waals surface area contributed by atoms with Crippen LogP contribution in [-0.4, -0.2) is 82.6 Å². The number of ether oxygens (including phenoxy) is 1. The van der Waals surface area contributed by atoms with Crippen LogP contribution in [0.4, 0.5) is 5.69 Å². The molecule has 8 nitrogen and oxygen atoms in total. The van der Waals surface area contributed by atoms with Gasteiger partial charge in [0.05, 0.1) is 11.5 Å². The van der Waals surface area contributed by atoms with Gasteiger partial charge < -0.3 is 20.3 Å². The SMILES string of the molecule is CN1CCN(S(=O)(=O)c2cccc(NC(=O)C3CNCCO3)c2)CC1. The van der Waals surface area contributed by atoms with Crippen LogP contribution in [0.5, 0.6) is 0 Å². The molecule has 138 valence electrons. The third kappa shape index (κ3) is 4.36. The number of nitrogens with one attached hydrogen (secondary N) is 2. The Labute approximate surface area is 148 Å². The summed E-state index contributed by atoms with van der Waals surface area (Å²) in [5.41, 5.74) is 0.453. The quantitative estimate of drug-likeness (QED) is 0.748. The molecule has 1 aromatic rings. The average Bonchev–Trinajstić information content (AvgIpc) is 2.63. The Bertz CT molecular complexity index is 711. The maximum atomic E-state index is 12.8. The highest BCUT2D eigenvalue weighted by Gasteiger charge is 2.28. The predicted octanol–water partition coefficient (Wildman–Crippen LogP) is -0.450. The second-order valence-electron chi connectivity index (χ2n) is 6.29. The van der Waals surface area contributed by atoms with Gasteiger partial charge in [0.1, 0.15) is 6.10 Å². The fourth-order valence-corrected chi connectivity index (χ4v) is 4.34. The van der Waals surface area contributed by atoms with E-state index in [0.717, 1.165) is 6.54 Å². The number of sulfonamides is 1. The van der Waals surface area contributed by atoms with E-state index >= 15 is 0 Å². The van der Waals surface area contributed by atoms with Gasteiger partial charge in [-0.2, -0.15) is 4.31 Å². The molecule has 2 aliphatic rings. The summed E-state index contributed by atoms with van der Waals surface area (Å²) in [6.07, 6.45) is -0.563. The van der Waals surface area contributed by atoms with Crippen LogP contribution in [0.2, 0.25) is 0 Å². The number of carbonyl (C=O) groups is 1. The summed E-state index contributed by atoms with van der Waals surface area (Å²) in [5.74, 6) is -0.277. The monoisotopic (exact) mass is 368 g/mol. The van der Waals surface area contributed by atoms with Crippen LogP contribution in [0, 0.1) is 0 Å². The van der Waals surface area contributed by atoms with Crippen molar-refractivity contribution in [3.05, 3.63) is 24.3 Å². The van der Waals surface area contributed by atoms with Gasteiger partial charge in [-0.15, -0.1) is 0 Å². The van der Waals surface area contributed by atoms with E-state index in [2.05, 4.69) is 15.5 Å². The molecule has 25 heavy (non-hydrogen) atoms. The lowest BCUT2D eigenvalue weighted by Crippen LogP contribution is -2.47. The molecule has 0 saturated carbocycles. The van der Waals surface area contributed by atoms with Crippen LogP contribution in [-0.2, 0) is 19.6 Å². The van der Waals surface area contributed by atoms with E-state index in [-0.39, 0.29) is 10.8 Å². The van der Waals surface area contributed by atoms with Crippen molar-refractivity contribution in [2.24, 2.45) is 0 Å². The molecule has 2 aliphatic heterocycles. The molecule has 9 heteroatoms. The highest BCUT2D eigenvalue weighted by molar-refractivity contribution is 7.89. The summed E-state index contributed by atoms with van der Waals surface area (Å²) in [4.78, 5) is 14.5. The fourth-order valence-electron chi connectivity index (χ4n) is 2.87. The zero-order valence-electron chi connectivity index (χ0n) is 14.3. The smallest absolute Gasteiger partial charge is 0.254 e. The van der Waals surface area contributed by atoms with Crippen molar-refractivity contribution < 1.29 is 17.9 Å². The van der Waals surface area contributed by atoms with Gasteiger partial charge in [0.15, 0.2) is 0 Å². The minimum atomic E-state index is -3.56. The van der Waals surface area contributed by atoms with Crippen molar-refractivity contribution in [1.29, 1.82) is 0 Å². The summed E-state index contributed by atoms with van der Waals surface area (Å²) in [6, 6.07) is 6.37. The fraction of sp³-hybridized carbons (Fsp3) is 0.562. The number of nitrogens with zero attached hydrogens (tertiary/aromatic N) is 2. The molecule has 0 bridgehead atoms. The maximum absolute atomic E-state index is 12.8. The number of anilines is 1. The third-order valence-electron chi connectivity index (χ3n) is 4.42. The van der Waals surface area contributed by atoms with E-state index < -0.39 is 16.1 Å². The van der Waals surface area contributed by atoms with E-state index in [4.69, 9.17) is 4.74 Å². The van der Waals surface area contributed by atoms with E-state index in [1.807, 2.05) is 7.05 Å². The molecule has 2 fully saturated rings. The zero-order valence-corrected chi connectivity index (χ0v) is 15.1. The number of piperazine rings is 1. The topological polar surface area (TPSA) is 91.0 Å². The van der Waals surface area contributed by atoms with Crippen LogP contribution < -0.4 is 10.6 Å². The number of hydrogen-bond acceptors (Lipinski definition) is 6. The van der Waals surface area contributed by atoms with E-state index in [1.54, 1.807) is 18.2 Å². The largest absolute Gasteiger partial charge is 0.366 e. The van der Waals surface area contributed by atoms with Crippen LogP contribution >= 0.6 is 0 Å². The number of amides is 1. The number of carbonyl (C=O) groups excluding carboxylic acids is 1. The van der Waals surface area contributed by atoms with Crippen molar-refractivity contribution in [1.82, 2.24) is 14.5 Å². The number of hydrogen-bond donors (Lipinski definition) is 2. The van der Waals surface area contributed by atoms with Gasteiger partial charge in [0.25, 0.3) is 5.91 Å². The third-order valence-corrected chi connectivity index (χ3v) is 6.32. The first kappa shape index (κ1) is 18.3. The Morgan fingerprint density at radius 1 is 1.28 bits per heavy atom. The molecular formula is C16H24N4O4S. The molecule has 1 unspecified atom stereocenters. The van der Waals surface area contributed by atoms with Crippen molar-refractivity contribution in [3.8, 4) is 0 Å². The Kier molecular flexibility index (Phi) is 5.70. The Hall–Kier alpha value is -1.52. The molecule has 0 aromatic heterocycles. The normalized spacial score (nSPS) is 23.3. The Morgan fingerprint density at radius 3 is 2.72 bits per heavy atom. The highest BCUT2D eigenvalue weighted by atomic mass is 32.2. The van der Waals surface area contributed by atoms with Gasteiger partial charge in [0, 0.05) is 45.0 Å². The molecule has 1 amide bonds. The molecule has 2 saturated heterocycles. The van der Waals surface area contributed by atoms with Crippen LogP contribution in [0.25, 0.3) is 0 Å². The second-order valence-corrected chi connectivity index (χ2v) is 8.23. The minimum Gasteiger partial charge on any atom is -0.366 e. The second kappa shape index (κ2) is 7.79. The van der Waals surface area contributed by atoms with Crippen molar-refractivity contribution in [2.75, 3.05) is 58.2 Å². The molecule has 2 heterocycles. The molecule has 0 aliphatic carbocycles. The predicted molar refractivity (Wildman–Crippen MR) is 93.9 cm³/mol. The molecule has 1 atom stereocenters. The highest BCUT2D eigenvalue weighted by Crippen LogP contribution is 2.21. The Morgan fingerprint density at radius 2 is 2.04 bits per heavy atom. The first-order valence-corrected chi connectivity index (χ1v) is 9.83. The van der Waals surface area contributed by atoms with Gasteiger partial charge in [-0.1, -0.05) is 6.07 Å². The lowest BCUT2D eigenvalue weighted by molar-refractivity contribution is -0.128. The van der Waals surface area contributed by atoms with Crippen LogP contribution in [0.15, 0.2) is 29.2 Å². The number of benzene rings is 1. The summed E-state index contributed by atoms with van der Waals surface area (Å²) < 4.78 is 32.5. The summed E-state index contributed by atoms with van der Waals surface area (Å²) in [6.45, 7) is 4.01. The summed E-state index contributed by atoms with van der Waals surface area (Å²) >= 11 is 0. The number of morpholine rings is 1. The number of likely N-dealkylation sites (N-methyl/N-ethyl adjacent to an activating group) is 1. The molecule has 3 rings (SSSR count). The van der Waals surface area contributed by atoms with Crippen molar-refractivity contribution in [3.63, 3.8) is 0 Å². The van der Waals surface area contributed by atoms with Gasteiger partial charge in [-0.3, -0.25) is 4.79 Å². The summed E-state index contributed by atoms with van der Waals surface area (Å²) in [5, 5.41) is 5.83. The van der Waals surface area contributed by atoms with Gasteiger partial charge in [-0.25, -0.2) is 8.42 Å². The van der Waals surface area contributed by atoms with Crippen LogP contribution in [0.3, 0.4) is 0 Å². The lowest BCUT2D eigenvalue weighted by Gasteiger charge is -2.31. The lowest BCUT2D eigenvalue weighted by atomic mass is 10.2. The van der Waals surface area contributed by atoms with E-state index in [9.17, 15) is 13.2 Å². The molecule has 2 N–H and O–H groups in total. The van der Waals surface area contributed by atoms with Crippen molar-refractivity contribution in [2.45, 2.75) is 11.0 Å². The minimum absolute atomic E-state index is 0.192. The van der Waals surface area contributed by atoms with Gasteiger partial charge in [-0.05, 0) is 25.2 Å². The van der Waals surface area contributed by atoms with Gasteiger partial charge in [0.2, 0.25) is 10.0 Å². The zero-order chi connectivity index (χ0) is 17.9.